The van der Waals surface area contributed by atoms with Crippen LogP contribution in [-0.4, -0.2) is 45.1 Å². The summed E-state index contributed by atoms with van der Waals surface area (Å²) in [6, 6.07) is 0. The second kappa shape index (κ2) is 8.73. The van der Waals surface area contributed by atoms with E-state index in [-0.39, 0.29) is 0 Å². The van der Waals surface area contributed by atoms with Crippen molar-refractivity contribution in [3.8, 4) is 0 Å². The van der Waals surface area contributed by atoms with Crippen molar-refractivity contribution in [3.63, 3.8) is 0 Å². The fraction of sp³-hybridized carbons (Fsp3) is 0.909. The van der Waals surface area contributed by atoms with Crippen LogP contribution in [0.25, 0.3) is 0 Å². The van der Waals surface area contributed by atoms with Gasteiger partial charge >= 0.3 is 0 Å². The molecule has 1 fully saturated rings. The van der Waals surface area contributed by atoms with Gasteiger partial charge in [-0.05, 0) is 37.4 Å². The number of methoxy groups -OCH3 is 1. The molecule has 0 amide bonds. The van der Waals surface area contributed by atoms with Crippen molar-refractivity contribution in [2.45, 2.75) is 19.3 Å². The molecule has 0 aromatic carbocycles. The highest BCUT2D eigenvalue weighted by molar-refractivity contribution is 7.80. The van der Waals surface area contributed by atoms with Crippen molar-refractivity contribution in [1.29, 1.82) is 0 Å². The molecule has 0 heterocycles. The average Bonchev–Trinajstić information content (AvgIpc) is 3.07. The number of ether oxygens (including phenoxy) is 2. The fourth-order valence-corrected chi connectivity index (χ4v) is 1.44. The highest BCUT2D eigenvalue weighted by Crippen LogP contribution is 2.28. The monoisotopic (exact) mass is 246 g/mol. The average molecular weight is 246 g/mol. The molecule has 0 aliphatic heterocycles. The first-order valence-electron chi connectivity index (χ1n) is 5.91. The largest absolute Gasteiger partial charge is 0.383 e. The van der Waals surface area contributed by atoms with E-state index >= 15 is 0 Å². The summed E-state index contributed by atoms with van der Waals surface area (Å²) in [6.07, 6.45) is 3.70. The summed E-state index contributed by atoms with van der Waals surface area (Å²) in [5, 5.41) is 6.88. The molecule has 0 aromatic rings. The van der Waals surface area contributed by atoms with E-state index in [1.807, 2.05) is 0 Å². The van der Waals surface area contributed by atoms with E-state index in [9.17, 15) is 0 Å². The van der Waals surface area contributed by atoms with Gasteiger partial charge < -0.3 is 20.1 Å². The fourth-order valence-electron chi connectivity index (χ4n) is 1.24. The third-order valence-corrected chi connectivity index (χ3v) is 2.68. The van der Waals surface area contributed by atoms with Crippen molar-refractivity contribution in [1.82, 2.24) is 10.6 Å². The van der Waals surface area contributed by atoms with Gasteiger partial charge in [0, 0.05) is 33.4 Å². The predicted octanol–water partition coefficient (Wildman–Crippen LogP) is 0.914. The molecule has 94 valence electrons. The summed E-state index contributed by atoms with van der Waals surface area (Å²) in [5.74, 6) is 0.852. The Morgan fingerprint density at radius 1 is 1.25 bits per heavy atom. The number of thiocarbonyl (C=S) groups is 1. The molecular weight excluding hydrogens is 224 g/mol. The van der Waals surface area contributed by atoms with Crippen molar-refractivity contribution in [2.75, 3.05) is 40.0 Å². The van der Waals surface area contributed by atoms with Gasteiger partial charge in [-0.1, -0.05) is 0 Å². The summed E-state index contributed by atoms with van der Waals surface area (Å²) < 4.78 is 10.4. The zero-order valence-corrected chi connectivity index (χ0v) is 10.8. The lowest BCUT2D eigenvalue weighted by molar-refractivity contribution is 0.123. The van der Waals surface area contributed by atoms with Crippen molar-refractivity contribution in [3.05, 3.63) is 0 Å². The molecule has 0 aromatic heterocycles. The van der Waals surface area contributed by atoms with Gasteiger partial charge in [0.2, 0.25) is 0 Å². The lowest BCUT2D eigenvalue weighted by Crippen LogP contribution is -2.37. The molecular formula is C11H22N2O2S. The van der Waals surface area contributed by atoms with Gasteiger partial charge in [0.05, 0.1) is 6.61 Å². The molecule has 0 saturated heterocycles. The van der Waals surface area contributed by atoms with E-state index in [0.29, 0.717) is 11.7 Å². The first kappa shape index (κ1) is 13.7. The standard InChI is InChI=1S/C11H22N2O2S/c1-14-8-6-13-11(16)12-5-2-7-15-9-10-3-4-10/h10H,2-9H2,1H3,(H2,12,13,16). The molecule has 0 spiro atoms. The molecule has 5 heteroatoms. The molecule has 0 unspecified atom stereocenters. The maximum absolute atomic E-state index is 5.51. The van der Waals surface area contributed by atoms with Crippen molar-refractivity contribution >= 4 is 17.3 Å². The predicted molar refractivity (Wildman–Crippen MR) is 68.6 cm³/mol. The van der Waals surface area contributed by atoms with E-state index in [1.54, 1.807) is 7.11 Å². The summed E-state index contributed by atoms with van der Waals surface area (Å²) in [4.78, 5) is 0. The van der Waals surface area contributed by atoms with Crippen molar-refractivity contribution < 1.29 is 9.47 Å². The Hall–Kier alpha value is -0.390. The van der Waals surface area contributed by atoms with E-state index in [2.05, 4.69) is 10.6 Å². The SMILES string of the molecule is COCCNC(=S)NCCCOCC1CC1. The minimum absolute atomic E-state index is 0.673. The third-order valence-electron chi connectivity index (χ3n) is 2.39. The highest BCUT2D eigenvalue weighted by Gasteiger charge is 2.20. The first-order valence-corrected chi connectivity index (χ1v) is 6.32. The van der Waals surface area contributed by atoms with Gasteiger partial charge in [-0.2, -0.15) is 0 Å². The molecule has 0 atom stereocenters. The maximum Gasteiger partial charge on any atom is 0.166 e. The molecule has 16 heavy (non-hydrogen) atoms. The normalized spacial score (nSPS) is 14.8. The summed E-state index contributed by atoms with van der Waals surface area (Å²) in [7, 11) is 1.68. The Labute approximate surface area is 103 Å². The van der Waals surface area contributed by atoms with Crippen LogP contribution in [0.4, 0.5) is 0 Å². The zero-order chi connectivity index (χ0) is 11.6. The third kappa shape index (κ3) is 7.84. The number of hydrogen-bond donors (Lipinski definition) is 2. The second-order valence-electron chi connectivity index (χ2n) is 4.05. The van der Waals surface area contributed by atoms with Crippen LogP contribution < -0.4 is 10.6 Å². The Bertz CT molecular complexity index is 198. The topological polar surface area (TPSA) is 42.5 Å². The van der Waals surface area contributed by atoms with Crippen LogP contribution in [0.5, 0.6) is 0 Å². The van der Waals surface area contributed by atoms with Crippen LogP contribution in [0.15, 0.2) is 0 Å². The Kier molecular flexibility index (Phi) is 7.46. The van der Waals surface area contributed by atoms with Crippen LogP contribution >= 0.6 is 12.2 Å². The van der Waals surface area contributed by atoms with Crippen LogP contribution in [-0.2, 0) is 9.47 Å². The first-order chi connectivity index (χ1) is 7.83. The Morgan fingerprint density at radius 3 is 2.69 bits per heavy atom. The highest BCUT2D eigenvalue weighted by atomic mass is 32.1. The molecule has 1 aliphatic rings. The molecule has 1 saturated carbocycles. The second-order valence-corrected chi connectivity index (χ2v) is 4.46. The summed E-state index contributed by atoms with van der Waals surface area (Å²) >= 11 is 5.08. The number of nitrogens with one attached hydrogen (secondary N) is 2. The number of hydrogen-bond acceptors (Lipinski definition) is 3. The lowest BCUT2D eigenvalue weighted by atomic mass is 10.4. The van der Waals surface area contributed by atoms with Crippen molar-refractivity contribution in [2.24, 2.45) is 5.92 Å². The summed E-state index contributed by atoms with van der Waals surface area (Å²) in [5.41, 5.74) is 0. The van der Waals surface area contributed by atoms with Gasteiger partial charge in [0.25, 0.3) is 0 Å². The van der Waals surface area contributed by atoms with Gasteiger partial charge in [-0.25, -0.2) is 0 Å². The molecule has 1 rings (SSSR count). The Morgan fingerprint density at radius 2 is 2.00 bits per heavy atom. The smallest absolute Gasteiger partial charge is 0.166 e. The van der Waals surface area contributed by atoms with Gasteiger partial charge in [0.1, 0.15) is 0 Å². The number of rotatable bonds is 9. The molecule has 0 radical (unpaired) electrons. The van der Waals surface area contributed by atoms with Gasteiger partial charge in [-0.3, -0.25) is 0 Å². The maximum atomic E-state index is 5.51. The summed E-state index contributed by atoms with van der Waals surface area (Å²) in [6.45, 7) is 4.05. The van der Waals surface area contributed by atoms with Crippen LogP contribution in [0.2, 0.25) is 0 Å². The lowest BCUT2D eigenvalue weighted by Gasteiger charge is -2.09. The van der Waals surface area contributed by atoms with Gasteiger partial charge in [-0.15, -0.1) is 0 Å². The van der Waals surface area contributed by atoms with E-state index in [0.717, 1.165) is 38.6 Å². The zero-order valence-electron chi connectivity index (χ0n) is 9.96. The van der Waals surface area contributed by atoms with Crippen LogP contribution in [0, 0.1) is 5.92 Å². The molecule has 2 N–H and O–H groups in total. The molecule has 4 nitrogen and oxygen atoms in total. The van der Waals surface area contributed by atoms with Gasteiger partial charge in [0.15, 0.2) is 5.11 Å². The van der Waals surface area contributed by atoms with E-state index in [1.165, 1.54) is 12.8 Å². The van der Waals surface area contributed by atoms with Crippen LogP contribution in [0.3, 0.4) is 0 Å². The quantitative estimate of drug-likeness (QED) is 0.468. The van der Waals surface area contributed by atoms with E-state index < -0.39 is 0 Å². The van der Waals surface area contributed by atoms with Crippen LogP contribution in [0.1, 0.15) is 19.3 Å². The molecule has 1 aliphatic carbocycles. The van der Waals surface area contributed by atoms with E-state index in [4.69, 9.17) is 21.7 Å². The minimum Gasteiger partial charge on any atom is -0.383 e. The minimum atomic E-state index is 0.673. The molecule has 0 bridgehead atoms. The Balaban J connectivity index is 1.76.